The third kappa shape index (κ3) is 4.87. The van der Waals surface area contributed by atoms with E-state index in [0.29, 0.717) is 11.3 Å². The second-order valence-electron chi connectivity index (χ2n) is 5.30. The van der Waals surface area contributed by atoms with E-state index in [2.05, 4.69) is 24.4 Å². The molecule has 0 saturated carbocycles. The SMILES string of the molecule is O=S(=O)(Nc1cncc(-c2cnccn2)c1)c1cc(Cl)ccc1OC(F)(F)F. The summed E-state index contributed by atoms with van der Waals surface area (Å²) in [5.74, 6) is -0.914. The number of ether oxygens (including phenoxy) is 1. The maximum atomic E-state index is 12.6. The van der Waals surface area contributed by atoms with Crippen LogP contribution < -0.4 is 9.46 Å². The van der Waals surface area contributed by atoms with Crippen molar-refractivity contribution in [3.05, 3.63) is 60.3 Å². The van der Waals surface area contributed by atoms with E-state index in [1.807, 2.05) is 0 Å². The smallest absolute Gasteiger partial charge is 0.404 e. The fourth-order valence-corrected chi connectivity index (χ4v) is 3.62. The van der Waals surface area contributed by atoms with Crippen molar-refractivity contribution in [2.24, 2.45) is 0 Å². The normalized spacial score (nSPS) is 11.9. The molecule has 0 aliphatic heterocycles. The Morgan fingerprint density at radius 3 is 2.50 bits per heavy atom. The van der Waals surface area contributed by atoms with Gasteiger partial charge in [-0.2, -0.15) is 0 Å². The van der Waals surface area contributed by atoms with Crippen molar-refractivity contribution in [3.8, 4) is 17.0 Å². The van der Waals surface area contributed by atoms with E-state index >= 15 is 0 Å². The number of benzene rings is 1. The summed E-state index contributed by atoms with van der Waals surface area (Å²) >= 11 is 5.75. The van der Waals surface area contributed by atoms with Crippen LogP contribution in [-0.4, -0.2) is 29.7 Å². The van der Waals surface area contributed by atoms with Crippen LogP contribution in [0, 0.1) is 0 Å². The van der Waals surface area contributed by atoms with Crippen LogP contribution >= 0.6 is 11.6 Å². The number of sulfonamides is 1. The van der Waals surface area contributed by atoms with E-state index in [0.717, 1.165) is 18.2 Å². The van der Waals surface area contributed by atoms with E-state index in [1.165, 1.54) is 37.1 Å². The number of alkyl halides is 3. The standard InChI is InChI=1S/C16H10ClF3N4O3S/c17-11-1-2-14(27-16(18,19)20)15(6-11)28(25,26)24-12-5-10(7-22-8-12)13-9-21-3-4-23-13/h1-9,24H. The summed E-state index contributed by atoms with van der Waals surface area (Å²) in [4.78, 5) is 11.1. The zero-order valence-corrected chi connectivity index (χ0v) is 15.3. The fraction of sp³-hybridized carbons (Fsp3) is 0.0625. The molecule has 3 rings (SSSR count). The molecule has 0 aliphatic rings. The molecule has 12 heteroatoms. The lowest BCUT2D eigenvalue weighted by Crippen LogP contribution is -2.21. The molecular formula is C16H10ClF3N4O3S. The summed E-state index contributed by atoms with van der Waals surface area (Å²) in [6, 6.07) is 4.16. The molecule has 0 unspecified atom stereocenters. The van der Waals surface area contributed by atoms with Crippen LogP contribution in [0.3, 0.4) is 0 Å². The lowest BCUT2D eigenvalue weighted by molar-refractivity contribution is -0.275. The molecule has 0 aliphatic carbocycles. The molecule has 2 aromatic heterocycles. The van der Waals surface area contributed by atoms with Crippen molar-refractivity contribution < 1.29 is 26.3 Å². The van der Waals surface area contributed by atoms with Gasteiger partial charge in [-0.25, -0.2) is 8.42 Å². The lowest BCUT2D eigenvalue weighted by Gasteiger charge is -2.15. The first-order valence-corrected chi connectivity index (χ1v) is 9.30. The minimum atomic E-state index is -5.08. The number of hydrogen-bond donors (Lipinski definition) is 1. The maximum absolute atomic E-state index is 12.6. The average Bonchev–Trinajstić information content (AvgIpc) is 2.63. The molecule has 0 atom stereocenters. The predicted octanol–water partition coefficient (Wildman–Crippen LogP) is 3.89. The van der Waals surface area contributed by atoms with Crippen molar-refractivity contribution in [1.82, 2.24) is 15.0 Å². The molecule has 28 heavy (non-hydrogen) atoms. The van der Waals surface area contributed by atoms with Crippen LogP contribution in [0.4, 0.5) is 18.9 Å². The van der Waals surface area contributed by atoms with Crippen molar-refractivity contribution in [2.75, 3.05) is 4.72 Å². The zero-order chi connectivity index (χ0) is 20.4. The van der Waals surface area contributed by atoms with Gasteiger partial charge in [0.1, 0.15) is 10.6 Å². The second kappa shape index (κ2) is 7.60. The molecule has 1 N–H and O–H groups in total. The third-order valence-corrected chi connectivity index (χ3v) is 4.91. The Labute approximate surface area is 162 Å². The second-order valence-corrected chi connectivity index (χ2v) is 7.38. The van der Waals surface area contributed by atoms with Crippen molar-refractivity contribution in [3.63, 3.8) is 0 Å². The van der Waals surface area contributed by atoms with Gasteiger partial charge in [0.05, 0.1) is 23.8 Å². The molecule has 0 spiro atoms. The van der Waals surface area contributed by atoms with Gasteiger partial charge in [0.15, 0.2) is 0 Å². The molecule has 0 radical (unpaired) electrons. The molecule has 146 valence electrons. The van der Waals surface area contributed by atoms with Crippen LogP contribution in [0.1, 0.15) is 0 Å². The number of halogens is 4. The minimum Gasteiger partial charge on any atom is -0.404 e. The number of nitrogens with zero attached hydrogens (tertiary/aromatic N) is 3. The van der Waals surface area contributed by atoms with E-state index in [1.54, 1.807) is 0 Å². The molecule has 0 saturated heterocycles. The first-order valence-electron chi connectivity index (χ1n) is 7.44. The number of hydrogen-bond acceptors (Lipinski definition) is 6. The van der Waals surface area contributed by atoms with Gasteiger partial charge in [0, 0.05) is 29.2 Å². The molecule has 1 aromatic carbocycles. The highest BCUT2D eigenvalue weighted by Gasteiger charge is 2.34. The first-order chi connectivity index (χ1) is 13.1. The van der Waals surface area contributed by atoms with Gasteiger partial charge in [-0.15, -0.1) is 13.2 Å². The summed E-state index contributed by atoms with van der Waals surface area (Å²) < 4.78 is 69.0. The number of nitrogens with one attached hydrogen (secondary N) is 1. The Kier molecular flexibility index (Phi) is 5.38. The molecule has 0 amide bonds. The largest absolute Gasteiger partial charge is 0.573 e. The molecule has 2 heterocycles. The van der Waals surface area contributed by atoms with Crippen LogP contribution in [-0.2, 0) is 10.0 Å². The highest BCUT2D eigenvalue weighted by Crippen LogP contribution is 2.33. The van der Waals surface area contributed by atoms with E-state index < -0.39 is 27.0 Å². The average molecular weight is 431 g/mol. The molecule has 0 bridgehead atoms. The Morgan fingerprint density at radius 1 is 1.04 bits per heavy atom. The minimum absolute atomic E-state index is 0.00101. The van der Waals surface area contributed by atoms with E-state index in [-0.39, 0.29) is 10.7 Å². The van der Waals surface area contributed by atoms with Gasteiger partial charge in [-0.05, 0) is 24.3 Å². The van der Waals surface area contributed by atoms with Crippen LogP contribution in [0.5, 0.6) is 5.75 Å². The number of rotatable bonds is 5. The maximum Gasteiger partial charge on any atom is 0.573 e. The van der Waals surface area contributed by atoms with Crippen LogP contribution in [0.25, 0.3) is 11.3 Å². The Balaban J connectivity index is 1.96. The van der Waals surface area contributed by atoms with Crippen molar-refractivity contribution in [2.45, 2.75) is 11.3 Å². The van der Waals surface area contributed by atoms with Crippen molar-refractivity contribution >= 4 is 27.3 Å². The van der Waals surface area contributed by atoms with Gasteiger partial charge in [0.2, 0.25) is 0 Å². The number of pyridine rings is 1. The van der Waals surface area contributed by atoms with Gasteiger partial charge in [-0.3, -0.25) is 19.7 Å². The third-order valence-electron chi connectivity index (χ3n) is 3.27. The first kappa shape index (κ1) is 19.8. The lowest BCUT2D eigenvalue weighted by atomic mass is 10.2. The Hall–Kier alpha value is -2.92. The highest BCUT2D eigenvalue weighted by molar-refractivity contribution is 7.92. The van der Waals surface area contributed by atoms with Gasteiger partial charge in [-0.1, -0.05) is 11.6 Å². The van der Waals surface area contributed by atoms with Crippen molar-refractivity contribution in [1.29, 1.82) is 0 Å². The molecular weight excluding hydrogens is 421 g/mol. The summed E-state index contributed by atoms with van der Waals surface area (Å²) in [6.07, 6.45) is 1.89. The molecule has 0 fully saturated rings. The monoisotopic (exact) mass is 430 g/mol. The van der Waals surface area contributed by atoms with E-state index in [4.69, 9.17) is 11.6 Å². The Bertz CT molecular complexity index is 1100. The van der Waals surface area contributed by atoms with Gasteiger partial charge >= 0.3 is 6.36 Å². The van der Waals surface area contributed by atoms with Crippen LogP contribution in [0.2, 0.25) is 5.02 Å². The topological polar surface area (TPSA) is 94.1 Å². The summed E-state index contributed by atoms with van der Waals surface area (Å²) in [7, 11) is -4.47. The quantitative estimate of drug-likeness (QED) is 0.660. The molecule has 7 nitrogen and oxygen atoms in total. The van der Waals surface area contributed by atoms with Gasteiger partial charge in [0.25, 0.3) is 10.0 Å². The zero-order valence-electron chi connectivity index (χ0n) is 13.7. The van der Waals surface area contributed by atoms with Gasteiger partial charge < -0.3 is 4.74 Å². The summed E-state index contributed by atoms with van der Waals surface area (Å²) in [5.41, 5.74) is 0.882. The molecule has 3 aromatic rings. The van der Waals surface area contributed by atoms with Crippen LogP contribution in [0.15, 0.2) is 60.1 Å². The number of anilines is 1. The number of aromatic nitrogens is 3. The van der Waals surface area contributed by atoms with E-state index in [9.17, 15) is 21.6 Å². The fourth-order valence-electron chi connectivity index (χ4n) is 2.20. The summed E-state index contributed by atoms with van der Waals surface area (Å²) in [6.45, 7) is 0. The Morgan fingerprint density at radius 2 is 1.82 bits per heavy atom. The predicted molar refractivity (Wildman–Crippen MR) is 94.2 cm³/mol. The summed E-state index contributed by atoms with van der Waals surface area (Å²) in [5, 5.41) is -0.0821. The highest BCUT2D eigenvalue weighted by atomic mass is 35.5.